The molecular weight excluding hydrogens is 374 g/mol. The van der Waals surface area contributed by atoms with E-state index in [9.17, 15) is 4.79 Å². The maximum Gasteiger partial charge on any atom is 0.248 e. The number of benzene rings is 2. The van der Waals surface area contributed by atoms with Crippen LogP contribution in [0.4, 0.5) is 5.69 Å². The predicted octanol–water partition coefficient (Wildman–Crippen LogP) is 6.27. The van der Waals surface area contributed by atoms with Crippen molar-refractivity contribution in [3.63, 3.8) is 0 Å². The summed E-state index contributed by atoms with van der Waals surface area (Å²) >= 11 is 5.94. The monoisotopic (exact) mass is 401 g/mol. The molecule has 0 bridgehead atoms. The number of carbonyl (C=O) groups excluding carboxylic acids is 1. The summed E-state index contributed by atoms with van der Waals surface area (Å²) in [6, 6.07) is 11.0. The Labute approximate surface area is 172 Å². The normalized spacial score (nSPS) is 10.9. The second-order valence-electron chi connectivity index (χ2n) is 6.60. The number of hydrogen-bond donors (Lipinski definition) is 1. The largest absolute Gasteiger partial charge is 0.493 e. The molecule has 1 N–H and O–H groups in total. The lowest BCUT2D eigenvalue weighted by atomic mass is 10.1. The van der Waals surface area contributed by atoms with Crippen molar-refractivity contribution in [3.8, 4) is 11.5 Å². The van der Waals surface area contributed by atoms with Crippen LogP contribution in [0.3, 0.4) is 0 Å². The number of methoxy groups -OCH3 is 1. The van der Waals surface area contributed by atoms with E-state index < -0.39 is 0 Å². The van der Waals surface area contributed by atoms with Crippen LogP contribution in [-0.4, -0.2) is 19.6 Å². The van der Waals surface area contributed by atoms with Gasteiger partial charge in [-0.15, -0.1) is 0 Å². The number of amides is 1. The minimum absolute atomic E-state index is 0.208. The van der Waals surface area contributed by atoms with E-state index in [2.05, 4.69) is 12.2 Å². The van der Waals surface area contributed by atoms with Crippen molar-refractivity contribution >= 4 is 29.3 Å². The summed E-state index contributed by atoms with van der Waals surface area (Å²) in [5.41, 5.74) is 2.51. The van der Waals surface area contributed by atoms with Crippen molar-refractivity contribution in [1.29, 1.82) is 0 Å². The highest BCUT2D eigenvalue weighted by molar-refractivity contribution is 6.30. The highest BCUT2D eigenvalue weighted by Crippen LogP contribution is 2.29. The molecular formula is C23H28ClNO3. The Kier molecular flexibility index (Phi) is 8.89. The Bertz CT molecular complexity index is 817. The van der Waals surface area contributed by atoms with Crippen LogP contribution in [0.2, 0.25) is 5.02 Å². The van der Waals surface area contributed by atoms with Crippen molar-refractivity contribution in [3.05, 3.63) is 58.6 Å². The number of hydrogen-bond acceptors (Lipinski definition) is 3. The number of aryl methyl sites for hydroxylation is 1. The molecule has 0 radical (unpaired) electrons. The summed E-state index contributed by atoms with van der Waals surface area (Å²) in [4.78, 5) is 12.2. The number of ether oxygens (including phenoxy) is 2. The average Bonchev–Trinajstić information content (AvgIpc) is 2.69. The minimum atomic E-state index is -0.208. The zero-order chi connectivity index (χ0) is 20.4. The van der Waals surface area contributed by atoms with Gasteiger partial charge in [-0.2, -0.15) is 0 Å². The van der Waals surface area contributed by atoms with Crippen LogP contribution in [0, 0.1) is 6.92 Å². The lowest BCUT2D eigenvalue weighted by Gasteiger charge is -2.11. The first-order valence-corrected chi connectivity index (χ1v) is 9.97. The zero-order valence-electron chi connectivity index (χ0n) is 16.8. The van der Waals surface area contributed by atoms with E-state index in [0.717, 1.165) is 29.0 Å². The fourth-order valence-electron chi connectivity index (χ4n) is 2.73. The van der Waals surface area contributed by atoms with Gasteiger partial charge >= 0.3 is 0 Å². The van der Waals surface area contributed by atoms with Gasteiger partial charge in [0.25, 0.3) is 0 Å². The predicted molar refractivity (Wildman–Crippen MR) is 116 cm³/mol. The summed E-state index contributed by atoms with van der Waals surface area (Å²) in [5, 5.41) is 3.50. The van der Waals surface area contributed by atoms with Crippen LogP contribution in [0.5, 0.6) is 11.5 Å². The van der Waals surface area contributed by atoms with Gasteiger partial charge < -0.3 is 14.8 Å². The smallest absolute Gasteiger partial charge is 0.248 e. The molecule has 0 aliphatic carbocycles. The quantitative estimate of drug-likeness (QED) is 0.377. The van der Waals surface area contributed by atoms with Crippen LogP contribution in [0.15, 0.2) is 42.5 Å². The van der Waals surface area contributed by atoms with Gasteiger partial charge in [-0.05, 0) is 60.9 Å². The van der Waals surface area contributed by atoms with Crippen LogP contribution >= 0.6 is 11.6 Å². The van der Waals surface area contributed by atoms with Crippen molar-refractivity contribution in [2.45, 2.75) is 39.5 Å². The second-order valence-corrected chi connectivity index (χ2v) is 7.04. The number of unbranched alkanes of at least 4 members (excludes halogenated alkanes) is 3. The second kappa shape index (κ2) is 11.4. The van der Waals surface area contributed by atoms with E-state index in [1.165, 1.54) is 25.3 Å². The van der Waals surface area contributed by atoms with Gasteiger partial charge in [0, 0.05) is 16.8 Å². The zero-order valence-corrected chi connectivity index (χ0v) is 17.5. The molecule has 2 aromatic carbocycles. The van der Waals surface area contributed by atoms with E-state index in [-0.39, 0.29) is 5.91 Å². The number of carbonyl (C=O) groups is 1. The molecule has 150 valence electrons. The Morgan fingerprint density at radius 3 is 2.64 bits per heavy atom. The molecule has 0 aliphatic rings. The summed E-state index contributed by atoms with van der Waals surface area (Å²) < 4.78 is 11.2. The molecule has 0 saturated heterocycles. The van der Waals surface area contributed by atoms with E-state index in [4.69, 9.17) is 21.1 Å². The van der Waals surface area contributed by atoms with Gasteiger partial charge in [0.05, 0.1) is 13.7 Å². The summed E-state index contributed by atoms with van der Waals surface area (Å²) in [6.45, 7) is 4.76. The van der Waals surface area contributed by atoms with Gasteiger partial charge in [0.1, 0.15) is 0 Å². The third-order valence-corrected chi connectivity index (χ3v) is 4.55. The number of rotatable bonds is 10. The summed E-state index contributed by atoms with van der Waals surface area (Å²) in [7, 11) is 1.61. The highest BCUT2D eigenvalue weighted by Gasteiger charge is 2.06. The molecule has 1 amide bonds. The number of nitrogens with one attached hydrogen (secondary N) is 1. The summed E-state index contributed by atoms with van der Waals surface area (Å²) in [6.07, 6.45) is 7.87. The first-order valence-electron chi connectivity index (χ1n) is 9.59. The maximum absolute atomic E-state index is 12.2. The molecule has 0 aliphatic heterocycles. The number of halogens is 1. The first kappa shape index (κ1) is 21.8. The molecule has 28 heavy (non-hydrogen) atoms. The molecule has 0 spiro atoms. The maximum atomic E-state index is 12.2. The fourth-order valence-corrected chi connectivity index (χ4v) is 2.96. The standard InChI is InChI=1S/C23H28ClNO3/c1-4-5-6-7-14-28-21-12-8-18(16-22(21)27-3)9-13-23(26)25-20-11-10-19(24)15-17(20)2/h8-13,15-16H,4-7,14H2,1-3H3,(H,25,26). The third kappa shape index (κ3) is 6.93. The number of anilines is 1. The van der Waals surface area contributed by atoms with Crippen molar-refractivity contribution in [2.75, 3.05) is 19.0 Å². The van der Waals surface area contributed by atoms with Crippen molar-refractivity contribution in [1.82, 2.24) is 0 Å². The van der Waals surface area contributed by atoms with Gasteiger partial charge in [-0.3, -0.25) is 4.79 Å². The third-order valence-electron chi connectivity index (χ3n) is 4.32. The summed E-state index contributed by atoms with van der Waals surface area (Å²) in [5.74, 6) is 1.17. The lowest BCUT2D eigenvalue weighted by molar-refractivity contribution is -0.111. The van der Waals surface area contributed by atoms with E-state index >= 15 is 0 Å². The molecule has 0 fully saturated rings. The van der Waals surface area contributed by atoms with Gasteiger partial charge in [0.15, 0.2) is 11.5 Å². The van der Waals surface area contributed by atoms with Crippen LogP contribution < -0.4 is 14.8 Å². The fraction of sp³-hybridized carbons (Fsp3) is 0.348. The minimum Gasteiger partial charge on any atom is -0.493 e. The Balaban J connectivity index is 1.96. The van der Waals surface area contributed by atoms with Crippen LogP contribution in [-0.2, 0) is 4.79 Å². The lowest BCUT2D eigenvalue weighted by Crippen LogP contribution is -2.08. The van der Waals surface area contributed by atoms with Crippen molar-refractivity contribution in [2.24, 2.45) is 0 Å². The molecule has 5 heteroatoms. The molecule has 0 saturated carbocycles. The van der Waals surface area contributed by atoms with Gasteiger partial charge in [-0.25, -0.2) is 0 Å². The van der Waals surface area contributed by atoms with Gasteiger partial charge in [0.2, 0.25) is 5.91 Å². The average molecular weight is 402 g/mol. The van der Waals surface area contributed by atoms with E-state index in [1.54, 1.807) is 25.3 Å². The van der Waals surface area contributed by atoms with Crippen LogP contribution in [0.25, 0.3) is 6.08 Å². The molecule has 4 nitrogen and oxygen atoms in total. The molecule has 0 atom stereocenters. The molecule has 2 rings (SSSR count). The van der Waals surface area contributed by atoms with Crippen LogP contribution in [0.1, 0.15) is 43.7 Å². The topological polar surface area (TPSA) is 47.6 Å². The Hall–Kier alpha value is -2.46. The first-order chi connectivity index (χ1) is 13.5. The molecule has 0 heterocycles. The Morgan fingerprint density at radius 1 is 1.11 bits per heavy atom. The molecule has 0 unspecified atom stereocenters. The van der Waals surface area contributed by atoms with E-state index in [1.807, 2.05) is 31.2 Å². The SMILES string of the molecule is CCCCCCOc1ccc(C=CC(=O)Nc2ccc(Cl)cc2C)cc1OC. The highest BCUT2D eigenvalue weighted by atomic mass is 35.5. The molecule has 2 aromatic rings. The Morgan fingerprint density at radius 2 is 1.93 bits per heavy atom. The van der Waals surface area contributed by atoms with E-state index in [0.29, 0.717) is 17.4 Å². The molecule has 0 aromatic heterocycles. The van der Waals surface area contributed by atoms with Crippen molar-refractivity contribution < 1.29 is 14.3 Å². The van der Waals surface area contributed by atoms with Gasteiger partial charge in [-0.1, -0.05) is 43.9 Å².